The van der Waals surface area contributed by atoms with Crippen LogP contribution in [0.4, 0.5) is 0 Å². The van der Waals surface area contributed by atoms with Gasteiger partial charge in [0.2, 0.25) is 0 Å². The van der Waals surface area contributed by atoms with Crippen LogP contribution in [0.15, 0.2) is 30.3 Å². The summed E-state index contributed by atoms with van der Waals surface area (Å²) in [4.78, 5) is 12.3. The van der Waals surface area contributed by atoms with Gasteiger partial charge in [0.25, 0.3) is 0 Å². The summed E-state index contributed by atoms with van der Waals surface area (Å²) in [7, 11) is 0. The van der Waals surface area contributed by atoms with Crippen LogP contribution >= 0.6 is 0 Å². The van der Waals surface area contributed by atoms with E-state index in [4.69, 9.17) is 4.74 Å². The summed E-state index contributed by atoms with van der Waals surface area (Å²) >= 11 is 0. The van der Waals surface area contributed by atoms with Crippen molar-refractivity contribution in [3.8, 4) is 0 Å². The number of hydrogen-bond acceptors (Lipinski definition) is 2. The molecule has 2 heteroatoms. The highest BCUT2D eigenvalue weighted by atomic mass is 16.5. The Balaban J connectivity index is 1.62. The molecule has 2 aliphatic rings. The maximum atomic E-state index is 12.3. The highest BCUT2D eigenvalue weighted by Crippen LogP contribution is 2.56. The minimum atomic E-state index is -0.211. The minimum Gasteiger partial charge on any atom is -0.460 e. The summed E-state index contributed by atoms with van der Waals surface area (Å²) in [5.74, 6) is 1.34. The van der Waals surface area contributed by atoms with Crippen LogP contribution in [0, 0.1) is 17.3 Å². The zero-order valence-electron chi connectivity index (χ0n) is 10.9. The predicted octanol–water partition coefficient (Wildman–Crippen LogP) is 3.56. The molecule has 0 amide bonds. The SMILES string of the molecule is CC1(C(=O)OCc2ccccc2)CC2CCC1C2. The van der Waals surface area contributed by atoms with Gasteiger partial charge in [0.05, 0.1) is 5.41 Å². The van der Waals surface area contributed by atoms with Crippen molar-refractivity contribution in [2.75, 3.05) is 0 Å². The second-order valence-electron chi connectivity index (χ2n) is 6.06. The van der Waals surface area contributed by atoms with Gasteiger partial charge < -0.3 is 4.74 Å². The number of rotatable bonds is 3. The van der Waals surface area contributed by atoms with E-state index in [-0.39, 0.29) is 11.4 Å². The molecule has 0 spiro atoms. The van der Waals surface area contributed by atoms with Crippen LogP contribution in [0.2, 0.25) is 0 Å². The number of esters is 1. The Labute approximate surface area is 108 Å². The molecule has 96 valence electrons. The van der Waals surface area contributed by atoms with Gasteiger partial charge in [0.15, 0.2) is 0 Å². The third-order valence-electron chi connectivity index (χ3n) is 4.83. The van der Waals surface area contributed by atoms with Crippen LogP contribution < -0.4 is 0 Å². The Morgan fingerprint density at radius 2 is 2.11 bits per heavy atom. The van der Waals surface area contributed by atoms with Crippen molar-refractivity contribution in [3.05, 3.63) is 35.9 Å². The number of carbonyl (C=O) groups is 1. The summed E-state index contributed by atoms with van der Waals surface area (Å²) in [5.41, 5.74) is 0.857. The first-order chi connectivity index (χ1) is 8.68. The second-order valence-corrected chi connectivity index (χ2v) is 6.06. The normalized spacial score (nSPS) is 33.6. The molecule has 2 fully saturated rings. The zero-order chi connectivity index (χ0) is 12.6. The molecule has 3 unspecified atom stereocenters. The molecule has 2 saturated carbocycles. The zero-order valence-corrected chi connectivity index (χ0v) is 10.9. The van der Waals surface area contributed by atoms with Crippen molar-refractivity contribution in [1.82, 2.24) is 0 Å². The van der Waals surface area contributed by atoms with Gasteiger partial charge in [-0.2, -0.15) is 0 Å². The van der Waals surface area contributed by atoms with Gasteiger partial charge in [-0.05, 0) is 43.6 Å². The van der Waals surface area contributed by atoms with Crippen molar-refractivity contribution in [2.45, 2.75) is 39.2 Å². The van der Waals surface area contributed by atoms with E-state index in [1.54, 1.807) is 0 Å². The fraction of sp³-hybridized carbons (Fsp3) is 0.562. The molecule has 0 radical (unpaired) electrons. The smallest absolute Gasteiger partial charge is 0.312 e. The van der Waals surface area contributed by atoms with Crippen molar-refractivity contribution >= 4 is 5.97 Å². The van der Waals surface area contributed by atoms with E-state index in [0.29, 0.717) is 12.5 Å². The van der Waals surface area contributed by atoms with Gasteiger partial charge in [0, 0.05) is 0 Å². The molecular weight excluding hydrogens is 224 g/mol. The maximum Gasteiger partial charge on any atom is 0.312 e. The summed E-state index contributed by atoms with van der Waals surface area (Å²) < 4.78 is 5.53. The topological polar surface area (TPSA) is 26.3 Å². The summed E-state index contributed by atoms with van der Waals surface area (Å²) in [6.07, 6.45) is 4.79. The Kier molecular flexibility index (Phi) is 2.89. The molecule has 0 saturated heterocycles. The van der Waals surface area contributed by atoms with E-state index in [0.717, 1.165) is 17.9 Å². The quantitative estimate of drug-likeness (QED) is 0.760. The highest BCUT2D eigenvalue weighted by molar-refractivity contribution is 5.77. The van der Waals surface area contributed by atoms with E-state index in [1.807, 2.05) is 30.3 Å². The number of benzene rings is 1. The van der Waals surface area contributed by atoms with Gasteiger partial charge in [-0.1, -0.05) is 36.8 Å². The third kappa shape index (κ3) is 1.94. The molecule has 3 atom stereocenters. The fourth-order valence-electron chi connectivity index (χ4n) is 3.74. The van der Waals surface area contributed by atoms with E-state index < -0.39 is 0 Å². The molecule has 18 heavy (non-hydrogen) atoms. The van der Waals surface area contributed by atoms with Crippen LogP contribution in [0.3, 0.4) is 0 Å². The lowest BCUT2D eigenvalue weighted by molar-refractivity contribution is -0.159. The third-order valence-corrected chi connectivity index (χ3v) is 4.83. The Morgan fingerprint density at radius 3 is 2.72 bits per heavy atom. The molecule has 0 heterocycles. The Morgan fingerprint density at radius 1 is 1.33 bits per heavy atom. The average molecular weight is 244 g/mol. The monoisotopic (exact) mass is 244 g/mol. The molecule has 2 aliphatic carbocycles. The summed E-state index contributed by atoms with van der Waals surface area (Å²) in [5, 5.41) is 0. The Bertz CT molecular complexity index is 440. The predicted molar refractivity (Wildman–Crippen MR) is 69.8 cm³/mol. The fourth-order valence-corrected chi connectivity index (χ4v) is 3.74. The Hall–Kier alpha value is -1.31. The second kappa shape index (κ2) is 4.42. The minimum absolute atomic E-state index is 0.0125. The van der Waals surface area contributed by atoms with Crippen LogP contribution in [0.5, 0.6) is 0 Å². The van der Waals surface area contributed by atoms with E-state index in [9.17, 15) is 4.79 Å². The molecule has 1 aromatic rings. The molecule has 2 bridgehead atoms. The lowest BCUT2D eigenvalue weighted by Crippen LogP contribution is -2.35. The summed E-state index contributed by atoms with van der Waals surface area (Å²) in [6.45, 7) is 2.51. The van der Waals surface area contributed by atoms with Crippen molar-refractivity contribution in [1.29, 1.82) is 0 Å². The number of fused-ring (bicyclic) bond motifs is 2. The first-order valence-corrected chi connectivity index (χ1v) is 6.89. The molecule has 3 rings (SSSR count). The van der Waals surface area contributed by atoms with Gasteiger partial charge in [-0.3, -0.25) is 4.79 Å². The number of ether oxygens (including phenoxy) is 1. The van der Waals surface area contributed by atoms with E-state index in [1.165, 1.54) is 19.3 Å². The first-order valence-electron chi connectivity index (χ1n) is 6.89. The van der Waals surface area contributed by atoms with Gasteiger partial charge in [-0.25, -0.2) is 0 Å². The number of carbonyl (C=O) groups excluding carboxylic acids is 1. The molecular formula is C16H20O2. The standard InChI is InChI=1S/C16H20O2/c1-16(10-13-7-8-14(16)9-13)15(17)18-11-12-5-3-2-4-6-12/h2-6,13-14H,7-11H2,1H3. The van der Waals surface area contributed by atoms with Crippen molar-refractivity contribution < 1.29 is 9.53 Å². The molecule has 0 aromatic heterocycles. The van der Waals surface area contributed by atoms with Gasteiger partial charge in [0.1, 0.15) is 6.61 Å². The van der Waals surface area contributed by atoms with Crippen LogP contribution in [-0.2, 0) is 16.1 Å². The molecule has 0 aliphatic heterocycles. The maximum absolute atomic E-state index is 12.3. The molecule has 0 N–H and O–H groups in total. The van der Waals surface area contributed by atoms with Gasteiger partial charge in [-0.15, -0.1) is 0 Å². The van der Waals surface area contributed by atoms with E-state index >= 15 is 0 Å². The van der Waals surface area contributed by atoms with E-state index in [2.05, 4.69) is 6.92 Å². The molecule has 2 nitrogen and oxygen atoms in total. The van der Waals surface area contributed by atoms with Crippen LogP contribution in [0.25, 0.3) is 0 Å². The highest BCUT2D eigenvalue weighted by Gasteiger charge is 2.53. The number of hydrogen-bond donors (Lipinski definition) is 0. The largest absolute Gasteiger partial charge is 0.460 e. The lowest BCUT2D eigenvalue weighted by atomic mass is 9.75. The van der Waals surface area contributed by atoms with Crippen LogP contribution in [0.1, 0.15) is 38.2 Å². The first kappa shape index (κ1) is 11.8. The van der Waals surface area contributed by atoms with Gasteiger partial charge >= 0.3 is 5.97 Å². The van der Waals surface area contributed by atoms with Crippen LogP contribution in [-0.4, -0.2) is 5.97 Å². The molecule has 1 aromatic carbocycles. The van der Waals surface area contributed by atoms with Crippen molar-refractivity contribution in [3.63, 3.8) is 0 Å². The summed E-state index contributed by atoms with van der Waals surface area (Å²) in [6, 6.07) is 9.92. The lowest BCUT2D eigenvalue weighted by Gasteiger charge is -2.31. The van der Waals surface area contributed by atoms with Crippen molar-refractivity contribution in [2.24, 2.45) is 17.3 Å². The average Bonchev–Trinajstić information content (AvgIpc) is 2.97.